The van der Waals surface area contributed by atoms with E-state index < -0.39 is 0 Å². The number of hydrogen-bond donors (Lipinski definition) is 0. The van der Waals surface area contributed by atoms with Gasteiger partial charge in [0.15, 0.2) is 0 Å². The van der Waals surface area contributed by atoms with Gasteiger partial charge in [-0.15, -0.1) is 0 Å². The van der Waals surface area contributed by atoms with Gasteiger partial charge in [0, 0.05) is 0 Å². The first kappa shape index (κ1) is 5.90. The first-order valence-electron chi connectivity index (χ1n) is 2.02. The SMILES string of the molecule is CCC[CH2][PoH]. The van der Waals surface area contributed by atoms with Crippen LogP contribution in [0, 0.1) is 0 Å². The average Bonchev–Trinajstić information content (AvgIpc) is 1.41. The second-order valence-corrected chi connectivity index (χ2v) is 2.82. The van der Waals surface area contributed by atoms with Gasteiger partial charge in [-0.1, -0.05) is 0 Å². The molecule has 32 valence electrons. The second-order valence-electron chi connectivity index (χ2n) is 1.08. The van der Waals surface area contributed by atoms with Crippen LogP contribution in [0.25, 0.3) is 0 Å². The summed E-state index contributed by atoms with van der Waals surface area (Å²) in [5.41, 5.74) is 0. The molecule has 0 spiro atoms. The molecule has 0 amide bonds. The fourth-order valence-electron chi connectivity index (χ4n) is 0.158. The van der Waals surface area contributed by atoms with E-state index in [4.69, 9.17) is 0 Å². The summed E-state index contributed by atoms with van der Waals surface area (Å²) in [5, 5.41) is 0. The summed E-state index contributed by atoms with van der Waals surface area (Å²) >= 11 is 1.56. The molecular formula is C4H10Po. The first-order chi connectivity index (χ1) is 2.41. The van der Waals surface area contributed by atoms with Crippen molar-refractivity contribution in [3.8, 4) is 0 Å². The van der Waals surface area contributed by atoms with E-state index in [1.54, 1.807) is 25.1 Å². The summed E-state index contributed by atoms with van der Waals surface area (Å²) in [4.78, 5) is 0. The van der Waals surface area contributed by atoms with E-state index in [1.165, 1.54) is 16.9 Å². The summed E-state index contributed by atoms with van der Waals surface area (Å²) in [6.07, 6.45) is 2.81. The van der Waals surface area contributed by atoms with E-state index in [1.807, 2.05) is 0 Å². The summed E-state index contributed by atoms with van der Waals surface area (Å²) < 4.78 is 1.45. The van der Waals surface area contributed by atoms with Gasteiger partial charge in [-0.3, -0.25) is 0 Å². The Labute approximate surface area is 49.1 Å². The zero-order valence-electron chi connectivity index (χ0n) is 3.57. The molecule has 0 N–H and O–H groups in total. The van der Waals surface area contributed by atoms with Crippen molar-refractivity contribution in [1.29, 1.82) is 0 Å². The zero-order chi connectivity index (χ0) is 4.12. The molecule has 0 rings (SSSR count). The summed E-state index contributed by atoms with van der Waals surface area (Å²) in [6.45, 7) is 2.23. The van der Waals surface area contributed by atoms with Crippen LogP contribution in [0.15, 0.2) is 0 Å². The van der Waals surface area contributed by atoms with Gasteiger partial charge in [0.1, 0.15) is 0 Å². The molecular weight excluding hydrogens is 257 g/mol. The van der Waals surface area contributed by atoms with Crippen LogP contribution in [0.4, 0.5) is 0 Å². The van der Waals surface area contributed by atoms with Gasteiger partial charge in [0.05, 0.1) is 0 Å². The Morgan fingerprint density at radius 3 is 2.20 bits per heavy atom. The van der Waals surface area contributed by atoms with Crippen LogP contribution < -0.4 is 0 Å². The molecule has 0 atom stereocenters. The van der Waals surface area contributed by atoms with Crippen molar-refractivity contribution in [3.63, 3.8) is 0 Å². The van der Waals surface area contributed by atoms with E-state index in [-0.39, 0.29) is 0 Å². The molecule has 0 heterocycles. The van der Waals surface area contributed by atoms with Crippen molar-refractivity contribution < 1.29 is 0 Å². The Hall–Kier alpha value is 0.896. The van der Waals surface area contributed by atoms with Crippen molar-refractivity contribution >= 4 is 25.1 Å². The van der Waals surface area contributed by atoms with Crippen molar-refractivity contribution in [1.82, 2.24) is 0 Å². The molecule has 0 aromatic carbocycles. The molecule has 5 heavy (non-hydrogen) atoms. The second kappa shape index (κ2) is 4.90. The van der Waals surface area contributed by atoms with Crippen LogP contribution in [0.3, 0.4) is 0 Å². The molecule has 0 saturated carbocycles. The number of unbranched alkanes of at least 4 members (excludes halogenated alkanes) is 1. The van der Waals surface area contributed by atoms with Crippen molar-refractivity contribution in [2.24, 2.45) is 0 Å². The normalized spacial score (nSPS) is 8.40. The fraction of sp³-hybridized carbons (Fsp3) is 1.00. The predicted octanol–water partition coefficient (Wildman–Crippen LogP) is 1.11. The summed E-state index contributed by atoms with van der Waals surface area (Å²) in [6, 6.07) is 0. The fourth-order valence-corrected chi connectivity index (χ4v) is 1.39. The van der Waals surface area contributed by atoms with E-state index in [2.05, 4.69) is 6.92 Å². The minimum absolute atomic E-state index is 1.37. The Morgan fingerprint density at radius 1 is 1.60 bits per heavy atom. The van der Waals surface area contributed by atoms with Gasteiger partial charge in [-0.25, -0.2) is 0 Å². The minimum atomic E-state index is 1.37. The topological polar surface area (TPSA) is 0 Å². The van der Waals surface area contributed by atoms with E-state index in [9.17, 15) is 0 Å². The van der Waals surface area contributed by atoms with Crippen molar-refractivity contribution in [3.05, 3.63) is 0 Å². The first-order valence-corrected chi connectivity index (χ1v) is 4.48. The molecule has 0 saturated heterocycles. The van der Waals surface area contributed by atoms with Gasteiger partial charge in [-0.05, 0) is 0 Å². The average molecular weight is 267 g/mol. The van der Waals surface area contributed by atoms with E-state index in [0.29, 0.717) is 0 Å². The molecule has 0 aromatic rings. The monoisotopic (exact) mass is 267 g/mol. The predicted molar refractivity (Wildman–Crippen MR) is 26.9 cm³/mol. The van der Waals surface area contributed by atoms with Crippen LogP contribution in [-0.4, -0.2) is 25.1 Å². The van der Waals surface area contributed by atoms with Crippen molar-refractivity contribution in [2.45, 2.75) is 23.8 Å². The number of rotatable bonds is 2. The number of hydrogen-bond acceptors (Lipinski definition) is 0. The third-order valence-electron chi connectivity index (χ3n) is 0.512. The van der Waals surface area contributed by atoms with Crippen LogP contribution in [0.2, 0.25) is 4.08 Å². The molecule has 0 nitrogen and oxygen atoms in total. The quantitative estimate of drug-likeness (QED) is 0.703. The third-order valence-corrected chi connectivity index (χ3v) is 1.74. The molecule has 0 radical (unpaired) electrons. The van der Waals surface area contributed by atoms with Gasteiger partial charge in [-0.2, -0.15) is 0 Å². The Bertz CT molecular complexity index is 11.1. The summed E-state index contributed by atoms with van der Waals surface area (Å²) in [7, 11) is 0. The Morgan fingerprint density at radius 2 is 2.20 bits per heavy atom. The Kier molecular flexibility index (Phi) is 5.77. The molecule has 0 fully saturated rings. The zero-order valence-corrected chi connectivity index (χ0v) is 7.05. The van der Waals surface area contributed by atoms with Gasteiger partial charge in [0.25, 0.3) is 0 Å². The van der Waals surface area contributed by atoms with Crippen LogP contribution >= 0.6 is 0 Å². The van der Waals surface area contributed by atoms with E-state index in [0.717, 1.165) is 0 Å². The third kappa shape index (κ3) is 4.90. The van der Waals surface area contributed by atoms with Crippen molar-refractivity contribution in [2.75, 3.05) is 0 Å². The molecule has 0 unspecified atom stereocenters. The van der Waals surface area contributed by atoms with Gasteiger partial charge >= 0.3 is 48.9 Å². The maximum absolute atomic E-state index is 2.23. The molecule has 0 aliphatic rings. The van der Waals surface area contributed by atoms with Gasteiger partial charge in [0.2, 0.25) is 0 Å². The molecule has 0 aromatic heterocycles. The van der Waals surface area contributed by atoms with Crippen LogP contribution in [-0.2, 0) is 0 Å². The standard InChI is InChI=1S/C4H9.Po.H/c1-3-4-2;;/h1,3-4H2,2H3;;. The Balaban J connectivity index is 2.19. The van der Waals surface area contributed by atoms with Crippen LogP contribution in [0.5, 0.6) is 0 Å². The molecule has 0 bridgehead atoms. The van der Waals surface area contributed by atoms with E-state index >= 15 is 0 Å². The molecule has 0 aliphatic heterocycles. The summed E-state index contributed by atoms with van der Waals surface area (Å²) in [5.74, 6) is 0. The molecule has 0 aliphatic carbocycles. The maximum atomic E-state index is 2.23. The van der Waals surface area contributed by atoms with Gasteiger partial charge < -0.3 is 0 Å². The van der Waals surface area contributed by atoms with Crippen LogP contribution in [0.1, 0.15) is 19.8 Å². The molecule has 1 heteroatoms.